The Kier molecular flexibility index (Phi) is 3.47. The smallest absolute Gasteiger partial charge is 0.324 e. The summed E-state index contributed by atoms with van der Waals surface area (Å²) in [6, 6.07) is 5.29. The summed E-state index contributed by atoms with van der Waals surface area (Å²) < 4.78 is 37.5. The quantitative estimate of drug-likeness (QED) is 0.811. The SMILES string of the molecule is CC1(C)CC(c2ccc(C(F)(F)F)cc2)=CC(N)C1. The van der Waals surface area contributed by atoms with Gasteiger partial charge in [0.25, 0.3) is 0 Å². The third kappa shape index (κ3) is 3.38. The van der Waals surface area contributed by atoms with Gasteiger partial charge in [-0.05, 0) is 41.5 Å². The first-order valence-corrected chi connectivity index (χ1v) is 6.31. The molecule has 0 saturated heterocycles. The van der Waals surface area contributed by atoms with Gasteiger partial charge in [0, 0.05) is 6.04 Å². The highest BCUT2D eigenvalue weighted by atomic mass is 19.4. The van der Waals surface area contributed by atoms with E-state index in [1.54, 1.807) is 0 Å². The van der Waals surface area contributed by atoms with Crippen molar-refractivity contribution in [2.75, 3.05) is 0 Å². The van der Waals surface area contributed by atoms with Gasteiger partial charge < -0.3 is 5.73 Å². The van der Waals surface area contributed by atoms with Crippen molar-refractivity contribution in [1.29, 1.82) is 0 Å². The van der Waals surface area contributed by atoms with Crippen LogP contribution >= 0.6 is 0 Å². The molecule has 0 amide bonds. The molecule has 1 aliphatic carbocycles. The van der Waals surface area contributed by atoms with Crippen molar-refractivity contribution in [1.82, 2.24) is 0 Å². The zero-order valence-corrected chi connectivity index (χ0v) is 11.1. The van der Waals surface area contributed by atoms with Crippen LogP contribution in [0, 0.1) is 5.41 Å². The third-order valence-corrected chi connectivity index (χ3v) is 3.46. The number of alkyl halides is 3. The number of rotatable bonds is 1. The summed E-state index contributed by atoms with van der Waals surface area (Å²) in [6.45, 7) is 4.26. The lowest BCUT2D eigenvalue weighted by Crippen LogP contribution is -2.30. The molecule has 0 bridgehead atoms. The molecule has 1 aliphatic rings. The van der Waals surface area contributed by atoms with Crippen molar-refractivity contribution in [2.45, 2.75) is 38.9 Å². The lowest BCUT2D eigenvalue weighted by molar-refractivity contribution is -0.137. The van der Waals surface area contributed by atoms with Crippen LogP contribution in [-0.2, 0) is 6.18 Å². The first-order valence-electron chi connectivity index (χ1n) is 6.31. The largest absolute Gasteiger partial charge is 0.416 e. The Hall–Kier alpha value is -1.29. The zero-order chi connectivity index (χ0) is 14.3. The van der Waals surface area contributed by atoms with Crippen LogP contribution in [-0.4, -0.2) is 6.04 Å². The molecule has 1 aromatic rings. The van der Waals surface area contributed by atoms with Crippen LogP contribution in [0.1, 0.15) is 37.8 Å². The van der Waals surface area contributed by atoms with E-state index >= 15 is 0 Å². The van der Waals surface area contributed by atoms with Gasteiger partial charge in [0.05, 0.1) is 5.56 Å². The number of halogens is 3. The van der Waals surface area contributed by atoms with E-state index in [4.69, 9.17) is 5.73 Å². The van der Waals surface area contributed by atoms with Crippen molar-refractivity contribution < 1.29 is 13.2 Å². The summed E-state index contributed by atoms with van der Waals surface area (Å²) in [6.07, 6.45) is -0.577. The van der Waals surface area contributed by atoms with E-state index < -0.39 is 11.7 Å². The molecule has 104 valence electrons. The summed E-state index contributed by atoms with van der Waals surface area (Å²) in [4.78, 5) is 0. The second-order valence-electron chi connectivity index (χ2n) is 5.98. The predicted octanol–water partition coefficient (Wildman–Crippen LogP) is 4.24. The van der Waals surface area contributed by atoms with Gasteiger partial charge in [0.2, 0.25) is 0 Å². The Labute approximate surface area is 111 Å². The normalized spacial score (nSPS) is 23.1. The number of allylic oxidation sites excluding steroid dienone is 1. The van der Waals surface area contributed by atoms with Crippen LogP contribution in [0.5, 0.6) is 0 Å². The molecule has 0 heterocycles. The molecule has 4 heteroatoms. The number of benzene rings is 1. The van der Waals surface area contributed by atoms with Crippen molar-refractivity contribution in [3.05, 3.63) is 41.5 Å². The van der Waals surface area contributed by atoms with Crippen LogP contribution in [0.25, 0.3) is 5.57 Å². The maximum Gasteiger partial charge on any atom is 0.416 e. The zero-order valence-electron chi connectivity index (χ0n) is 11.1. The van der Waals surface area contributed by atoms with Gasteiger partial charge in [-0.2, -0.15) is 13.2 Å². The van der Waals surface area contributed by atoms with Crippen LogP contribution in [0.2, 0.25) is 0 Å². The average Bonchev–Trinajstić information content (AvgIpc) is 2.25. The van der Waals surface area contributed by atoms with Gasteiger partial charge in [0.1, 0.15) is 0 Å². The molecule has 0 fully saturated rings. The first-order chi connectivity index (χ1) is 8.67. The van der Waals surface area contributed by atoms with Gasteiger partial charge >= 0.3 is 6.18 Å². The summed E-state index contributed by atoms with van der Waals surface area (Å²) in [7, 11) is 0. The highest BCUT2D eigenvalue weighted by molar-refractivity contribution is 5.68. The summed E-state index contributed by atoms with van der Waals surface area (Å²) in [5.74, 6) is 0. The van der Waals surface area contributed by atoms with Crippen LogP contribution in [0.15, 0.2) is 30.3 Å². The number of hydrogen-bond donors (Lipinski definition) is 1. The van der Waals surface area contributed by atoms with E-state index in [0.29, 0.717) is 0 Å². The molecule has 0 radical (unpaired) electrons. The maximum atomic E-state index is 12.5. The van der Waals surface area contributed by atoms with E-state index in [-0.39, 0.29) is 11.5 Å². The standard InChI is InChI=1S/C15H18F3N/c1-14(2)8-11(7-13(19)9-14)10-3-5-12(6-4-10)15(16,17)18/h3-7,13H,8-9,19H2,1-2H3. The molecule has 0 aliphatic heterocycles. The Balaban J connectivity index is 2.28. The average molecular weight is 269 g/mol. The van der Waals surface area contributed by atoms with Gasteiger partial charge in [-0.15, -0.1) is 0 Å². The fourth-order valence-corrected chi connectivity index (χ4v) is 2.67. The van der Waals surface area contributed by atoms with Gasteiger partial charge in [-0.3, -0.25) is 0 Å². The second kappa shape index (κ2) is 4.67. The highest BCUT2D eigenvalue weighted by Gasteiger charge is 2.31. The molecule has 0 aromatic heterocycles. The summed E-state index contributed by atoms with van der Waals surface area (Å²) in [5, 5.41) is 0. The van der Waals surface area contributed by atoms with E-state index in [2.05, 4.69) is 13.8 Å². The van der Waals surface area contributed by atoms with Gasteiger partial charge in [0.15, 0.2) is 0 Å². The van der Waals surface area contributed by atoms with Crippen molar-refractivity contribution in [3.8, 4) is 0 Å². The van der Waals surface area contributed by atoms with Crippen LogP contribution < -0.4 is 5.73 Å². The molecule has 2 rings (SSSR count). The molecule has 19 heavy (non-hydrogen) atoms. The molecule has 1 unspecified atom stereocenters. The van der Waals surface area contributed by atoms with E-state index in [1.165, 1.54) is 12.1 Å². The fraction of sp³-hybridized carbons (Fsp3) is 0.467. The summed E-state index contributed by atoms with van der Waals surface area (Å²) in [5.41, 5.74) is 7.32. The Morgan fingerprint density at radius 3 is 2.21 bits per heavy atom. The van der Waals surface area contributed by atoms with Gasteiger partial charge in [-0.1, -0.05) is 32.1 Å². The lowest BCUT2D eigenvalue weighted by atomic mass is 9.74. The molecule has 0 saturated carbocycles. The number of hydrogen-bond acceptors (Lipinski definition) is 1. The van der Waals surface area contributed by atoms with Crippen molar-refractivity contribution >= 4 is 5.57 Å². The third-order valence-electron chi connectivity index (χ3n) is 3.46. The fourth-order valence-electron chi connectivity index (χ4n) is 2.67. The molecular weight excluding hydrogens is 251 g/mol. The minimum atomic E-state index is -4.28. The van der Waals surface area contributed by atoms with Crippen LogP contribution in [0.4, 0.5) is 13.2 Å². The molecular formula is C15H18F3N. The highest BCUT2D eigenvalue weighted by Crippen LogP contribution is 2.39. The van der Waals surface area contributed by atoms with Gasteiger partial charge in [-0.25, -0.2) is 0 Å². The van der Waals surface area contributed by atoms with E-state index in [9.17, 15) is 13.2 Å². The predicted molar refractivity (Wildman–Crippen MR) is 70.4 cm³/mol. The lowest BCUT2D eigenvalue weighted by Gasteiger charge is -2.33. The molecule has 2 N–H and O–H groups in total. The van der Waals surface area contributed by atoms with Crippen LogP contribution in [0.3, 0.4) is 0 Å². The minimum absolute atomic E-state index is 0.0268. The molecule has 1 aromatic carbocycles. The number of nitrogens with two attached hydrogens (primary N) is 1. The van der Waals surface area contributed by atoms with E-state index in [0.717, 1.165) is 36.1 Å². The molecule has 1 atom stereocenters. The maximum absolute atomic E-state index is 12.5. The Morgan fingerprint density at radius 1 is 1.16 bits per heavy atom. The van der Waals surface area contributed by atoms with E-state index in [1.807, 2.05) is 6.08 Å². The first kappa shape index (κ1) is 14.1. The monoisotopic (exact) mass is 269 g/mol. The van der Waals surface area contributed by atoms with Crippen molar-refractivity contribution in [3.63, 3.8) is 0 Å². The molecule has 0 spiro atoms. The topological polar surface area (TPSA) is 26.0 Å². The second-order valence-corrected chi connectivity index (χ2v) is 5.98. The Bertz CT molecular complexity index is 483. The molecule has 1 nitrogen and oxygen atoms in total. The minimum Gasteiger partial charge on any atom is -0.324 e. The Morgan fingerprint density at radius 2 is 1.74 bits per heavy atom. The van der Waals surface area contributed by atoms with Crippen molar-refractivity contribution in [2.24, 2.45) is 11.1 Å². The summed E-state index contributed by atoms with van der Waals surface area (Å²) >= 11 is 0.